The quantitative estimate of drug-likeness (QED) is 0.808. The number of carboxylic acids is 1. The van der Waals surface area contributed by atoms with Gasteiger partial charge in [-0.05, 0) is 32.2 Å². The van der Waals surface area contributed by atoms with Crippen LogP contribution < -0.4 is 5.32 Å². The highest BCUT2D eigenvalue weighted by Gasteiger charge is 2.28. The monoisotopic (exact) mass is 339 g/mol. The molecule has 2 rings (SSSR count). The summed E-state index contributed by atoms with van der Waals surface area (Å²) in [7, 11) is 0. The normalized spacial score (nSPS) is 21.3. The molecule has 2 fully saturated rings. The highest BCUT2D eigenvalue weighted by Crippen LogP contribution is 2.19. The molecule has 2 amide bonds. The van der Waals surface area contributed by atoms with Gasteiger partial charge in [0.25, 0.3) is 0 Å². The van der Waals surface area contributed by atoms with Gasteiger partial charge >= 0.3 is 12.0 Å². The second kappa shape index (κ2) is 9.87. The molecule has 0 aromatic carbocycles. The number of carbonyl (C=O) groups excluding carboxylic acids is 1. The minimum absolute atomic E-state index is 0.0697. The molecule has 1 saturated heterocycles. The summed E-state index contributed by atoms with van der Waals surface area (Å²) in [5.41, 5.74) is 0. The van der Waals surface area contributed by atoms with Crippen molar-refractivity contribution in [3.05, 3.63) is 0 Å². The summed E-state index contributed by atoms with van der Waals surface area (Å²) in [5, 5.41) is 12.2. The number of carbonyl (C=O) groups is 2. The molecule has 6 nitrogen and oxygen atoms in total. The second-order valence-corrected chi connectivity index (χ2v) is 7.17. The second-order valence-electron chi connectivity index (χ2n) is 7.17. The van der Waals surface area contributed by atoms with E-state index in [0.29, 0.717) is 6.04 Å². The molecular formula is C18H33N3O3. The number of nitrogens with one attached hydrogen (secondary N) is 1. The fraction of sp³-hybridized carbons (Fsp3) is 0.889. The van der Waals surface area contributed by atoms with Gasteiger partial charge in [-0.15, -0.1) is 0 Å². The average Bonchev–Trinajstić information content (AvgIpc) is 2.55. The van der Waals surface area contributed by atoms with Crippen LogP contribution in [-0.4, -0.2) is 65.2 Å². The van der Waals surface area contributed by atoms with Crippen LogP contribution in [0.15, 0.2) is 0 Å². The Kier molecular flexibility index (Phi) is 7.82. The Morgan fingerprint density at radius 2 is 1.62 bits per heavy atom. The molecule has 1 heterocycles. The molecule has 1 aliphatic heterocycles. The van der Waals surface area contributed by atoms with E-state index in [9.17, 15) is 9.59 Å². The summed E-state index contributed by atoms with van der Waals surface area (Å²) in [6.07, 6.45) is 10.3. The van der Waals surface area contributed by atoms with Gasteiger partial charge in [0, 0.05) is 25.2 Å². The molecule has 2 aliphatic rings. The number of piperidine rings is 1. The number of hydrogen-bond acceptors (Lipinski definition) is 3. The molecule has 0 aromatic rings. The van der Waals surface area contributed by atoms with Gasteiger partial charge in [0.15, 0.2) is 0 Å². The van der Waals surface area contributed by atoms with Gasteiger partial charge in [0.2, 0.25) is 0 Å². The van der Waals surface area contributed by atoms with Crippen molar-refractivity contribution < 1.29 is 14.7 Å². The maximum atomic E-state index is 12.5. The molecule has 1 aliphatic carbocycles. The van der Waals surface area contributed by atoms with Crippen LogP contribution in [0.5, 0.6) is 0 Å². The molecule has 24 heavy (non-hydrogen) atoms. The number of urea groups is 1. The molecule has 0 aromatic heterocycles. The summed E-state index contributed by atoms with van der Waals surface area (Å²) in [6.45, 7) is 4.27. The van der Waals surface area contributed by atoms with Crippen molar-refractivity contribution in [3.8, 4) is 0 Å². The van der Waals surface area contributed by atoms with E-state index < -0.39 is 5.97 Å². The van der Waals surface area contributed by atoms with Crippen LogP contribution in [0.3, 0.4) is 0 Å². The van der Waals surface area contributed by atoms with Crippen molar-refractivity contribution in [2.45, 2.75) is 76.8 Å². The lowest BCUT2D eigenvalue weighted by Gasteiger charge is -2.38. The lowest BCUT2D eigenvalue weighted by Crippen LogP contribution is -2.52. The van der Waals surface area contributed by atoms with Crippen molar-refractivity contribution >= 4 is 12.0 Å². The van der Waals surface area contributed by atoms with E-state index in [0.717, 1.165) is 45.3 Å². The molecule has 1 saturated carbocycles. The fourth-order valence-electron chi connectivity index (χ4n) is 3.97. The van der Waals surface area contributed by atoms with Gasteiger partial charge in [-0.3, -0.25) is 9.69 Å². The van der Waals surface area contributed by atoms with Crippen LogP contribution in [0.1, 0.15) is 64.7 Å². The molecule has 0 spiro atoms. The van der Waals surface area contributed by atoms with E-state index in [1.54, 1.807) is 0 Å². The molecule has 6 heteroatoms. The smallest absolute Gasteiger partial charge is 0.317 e. The van der Waals surface area contributed by atoms with E-state index in [1.165, 1.54) is 32.1 Å². The average molecular weight is 339 g/mol. The Morgan fingerprint density at radius 3 is 2.17 bits per heavy atom. The van der Waals surface area contributed by atoms with E-state index in [2.05, 4.69) is 5.32 Å². The predicted molar refractivity (Wildman–Crippen MR) is 94.1 cm³/mol. The van der Waals surface area contributed by atoms with Crippen LogP contribution in [0.4, 0.5) is 4.79 Å². The van der Waals surface area contributed by atoms with Crippen LogP contribution in [0, 0.1) is 0 Å². The van der Waals surface area contributed by atoms with Gasteiger partial charge in [-0.25, -0.2) is 4.79 Å². The Morgan fingerprint density at radius 1 is 1.04 bits per heavy atom. The molecule has 0 unspecified atom stereocenters. The topological polar surface area (TPSA) is 72.9 Å². The van der Waals surface area contributed by atoms with Gasteiger partial charge in [0.05, 0.1) is 6.54 Å². The number of carboxylic acid groups (broad SMARTS) is 1. The predicted octanol–water partition coefficient (Wildman–Crippen LogP) is 2.68. The summed E-state index contributed by atoms with van der Waals surface area (Å²) >= 11 is 0. The lowest BCUT2D eigenvalue weighted by molar-refractivity contribution is -0.139. The molecular weight excluding hydrogens is 306 g/mol. The van der Waals surface area contributed by atoms with E-state index in [-0.39, 0.29) is 18.6 Å². The van der Waals surface area contributed by atoms with Gasteiger partial charge in [-0.1, -0.05) is 39.0 Å². The first-order valence-electron chi connectivity index (χ1n) is 9.61. The summed E-state index contributed by atoms with van der Waals surface area (Å²) in [5.74, 6) is -0.777. The SMILES string of the molecule is CCN(CC(=O)O)C1CCN(C(=O)NC2CCCCCCC2)CC1. The first-order chi connectivity index (χ1) is 11.6. The van der Waals surface area contributed by atoms with Crippen LogP contribution in [-0.2, 0) is 4.79 Å². The van der Waals surface area contributed by atoms with E-state index in [1.807, 2.05) is 16.7 Å². The zero-order valence-corrected chi connectivity index (χ0v) is 15.0. The Hall–Kier alpha value is -1.30. The van der Waals surface area contributed by atoms with E-state index in [4.69, 9.17) is 5.11 Å². The van der Waals surface area contributed by atoms with Crippen LogP contribution in [0.25, 0.3) is 0 Å². The minimum atomic E-state index is -0.777. The third kappa shape index (κ3) is 5.96. The third-order valence-corrected chi connectivity index (χ3v) is 5.45. The van der Waals surface area contributed by atoms with Crippen molar-refractivity contribution in [2.75, 3.05) is 26.2 Å². The van der Waals surface area contributed by atoms with Gasteiger partial charge in [-0.2, -0.15) is 0 Å². The minimum Gasteiger partial charge on any atom is -0.480 e. The number of nitrogens with zero attached hydrogens (tertiary/aromatic N) is 2. The van der Waals surface area contributed by atoms with Crippen molar-refractivity contribution in [1.82, 2.24) is 15.1 Å². The zero-order chi connectivity index (χ0) is 17.4. The number of rotatable bonds is 5. The van der Waals surface area contributed by atoms with Gasteiger partial charge < -0.3 is 15.3 Å². The first-order valence-corrected chi connectivity index (χ1v) is 9.61. The van der Waals surface area contributed by atoms with Crippen molar-refractivity contribution in [2.24, 2.45) is 0 Å². The van der Waals surface area contributed by atoms with E-state index >= 15 is 0 Å². The number of likely N-dealkylation sites (tertiary alicyclic amines) is 1. The Bertz CT molecular complexity index is 400. The van der Waals surface area contributed by atoms with Crippen LogP contribution in [0.2, 0.25) is 0 Å². The molecule has 138 valence electrons. The summed E-state index contributed by atoms with van der Waals surface area (Å²) in [6, 6.07) is 0.673. The fourth-order valence-corrected chi connectivity index (χ4v) is 3.97. The molecule has 0 radical (unpaired) electrons. The van der Waals surface area contributed by atoms with Crippen LogP contribution >= 0.6 is 0 Å². The zero-order valence-electron chi connectivity index (χ0n) is 15.0. The highest BCUT2D eigenvalue weighted by atomic mass is 16.4. The number of aliphatic carboxylic acids is 1. The Balaban J connectivity index is 1.76. The standard InChI is InChI=1S/C18H33N3O3/c1-2-20(14-17(22)23)16-10-12-21(13-11-16)18(24)19-15-8-6-4-3-5-7-9-15/h15-16H,2-14H2,1H3,(H,19,24)(H,22,23). The largest absolute Gasteiger partial charge is 0.480 e. The molecule has 2 N–H and O–H groups in total. The maximum Gasteiger partial charge on any atom is 0.317 e. The van der Waals surface area contributed by atoms with Crippen molar-refractivity contribution in [3.63, 3.8) is 0 Å². The number of likely N-dealkylation sites (N-methyl/N-ethyl adjacent to an activating group) is 1. The number of amides is 2. The first kappa shape index (κ1) is 19.0. The Labute approximate surface area is 145 Å². The summed E-state index contributed by atoms with van der Waals surface area (Å²) < 4.78 is 0. The molecule has 0 bridgehead atoms. The van der Waals surface area contributed by atoms with Gasteiger partial charge in [0.1, 0.15) is 0 Å². The summed E-state index contributed by atoms with van der Waals surface area (Å²) in [4.78, 5) is 27.3. The highest BCUT2D eigenvalue weighted by molar-refractivity contribution is 5.74. The molecule has 0 atom stereocenters. The lowest BCUT2D eigenvalue weighted by atomic mass is 9.97. The third-order valence-electron chi connectivity index (χ3n) is 5.45. The maximum absolute atomic E-state index is 12.5. The van der Waals surface area contributed by atoms with Crippen molar-refractivity contribution in [1.29, 1.82) is 0 Å². The number of hydrogen-bond donors (Lipinski definition) is 2.